The van der Waals surface area contributed by atoms with Crippen molar-refractivity contribution in [2.75, 3.05) is 13.1 Å². The van der Waals surface area contributed by atoms with E-state index in [-0.39, 0.29) is 19.4 Å². The van der Waals surface area contributed by atoms with E-state index in [4.69, 9.17) is 16.6 Å². The molecule has 2 heterocycles. The highest BCUT2D eigenvalue weighted by molar-refractivity contribution is 5.95. The van der Waals surface area contributed by atoms with Crippen LogP contribution in [-0.4, -0.2) is 87.0 Å². The maximum absolute atomic E-state index is 13.2. The average Bonchev–Trinajstić information content (AvgIpc) is 3.54. The summed E-state index contributed by atoms with van der Waals surface area (Å²) < 4.78 is 0. The summed E-state index contributed by atoms with van der Waals surface area (Å²) in [5.41, 5.74) is 12.9. The summed E-state index contributed by atoms with van der Waals surface area (Å²) in [4.78, 5) is 66.5. The minimum absolute atomic E-state index is 0.0287. The van der Waals surface area contributed by atoms with Crippen LogP contribution in [0.3, 0.4) is 0 Å². The van der Waals surface area contributed by atoms with Crippen molar-refractivity contribution in [3.05, 3.63) is 36.0 Å². The zero-order valence-electron chi connectivity index (χ0n) is 21.6. The van der Waals surface area contributed by atoms with Crippen molar-refractivity contribution >= 4 is 40.6 Å². The molecular formula is C26H36N6O7. The van der Waals surface area contributed by atoms with Gasteiger partial charge in [-0.15, -0.1) is 0 Å². The van der Waals surface area contributed by atoms with Crippen LogP contribution < -0.4 is 22.1 Å². The summed E-state index contributed by atoms with van der Waals surface area (Å²) in [5, 5.41) is 24.8. The van der Waals surface area contributed by atoms with Gasteiger partial charge in [0.2, 0.25) is 17.7 Å². The summed E-state index contributed by atoms with van der Waals surface area (Å²) in [5.74, 6) is -4.34. The molecule has 0 bridgehead atoms. The predicted molar refractivity (Wildman–Crippen MR) is 141 cm³/mol. The van der Waals surface area contributed by atoms with Gasteiger partial charge in [-0.05, 0) is 50.3 Å². The van der Waals surface area contributed by atoms with Gasteiger partial charge in [-0.3, -0.25) is 19.2 Å². The molecule has 1 aliphatic heterocycles. The number of rotatable bonds is 14. The van der Waals surface area contributed by atoms with Crippen molar-refractivity contribution in [3.63, 3.8) is 0 Å². The number of aromatic amines is 1. The molecule has 1 aromatic carbocycles. The van der Waals surface area contributed by atoms with E-state index in [0.717, 1.165) is 16.5 Å². The first kappa shape index (κ1) is 29.6. The van der Waals surface area contributed by atoms with Crippen LogP contribution in [0.5, 0.6) is 0 Å². The summed E-state index contributed by atoms with van der Waals surface area (Å²) >= 11 is 0. The number of nitrogens with two attached hydrogens (primary N) is 2. The van der Waals surface area contributed by atoms with Gasteiger partial charge in [0.25, 0.3) is 0 Å². The molecule has 13 nitrogen and oxygen atoms in total. The molecule has 2 aromatic rings. The monoisotopic (exact) mass is 544 g/mol. The smallest absolute Gasteiger partial charge is 0.326 e. The normalized spacial score (nSPS) is 17.4. The van der Waals surface area contributed by atoms with Gasteiger partial charge in [0.1, 0.15) is 18.1 Å². The number of fused-ring (bicyclic) bond motifs is 1. The maximum Gasteiger partial charge on any atom is 0.326 e. The lowest BCUT2D eigenvalue weighted by molar-refractivity contribution is -0.144. The highest BCUT2D eigenvalue weighted by Gasteiger charge is 2.38. The van der Waals surface area contributed by atoms with Crippen molar-refractivity contribution in [1.29, 1.82) is 0 Å². The Balaban J connectivity index is 1.71. The number of carboxylic acids is 2. The fourth-order valence-electron chi connectivity index (χ4n) is 4.81. The van der Waals surface area contributed by atoms with Crippen LogP contribution in [0.15, 0.2) is 30.5 Å². The number of amides is 3. The molecule has 13 heteroatoms. The second-order valence-corrected chi connectivity index (χ2v) is 9.70. The Morgan fingerprint density at radius 1 is 1.08 bits per heavy atom. The number of aliphatic carboxylic acids is 2. The first-order valence-corrected chi connectivity index (χ1v) is 13.0. The van der Waals surface area contributed by atoms with E-state index >= 15 is 0 Å². The molecule has 0 radical (unpaired) electrons. The maximum atomic E-state index is 13.2. The molecule has 1 fully saturated rings. The molecule has 0 aliphatic carbocycles. The molecular weight excluding hydrogens is 508 g/mol. The molecule has 9 N–H and O–H groups in total. The van der Waals surface area contributed by atoms with E-state index in [2.05, 4.69) is 15.6 Å². The number of nitrogens with zero attached hydrogens (tertiary/aromatic N) is 1. The summed E-state index contributed by atoms with van der Waals surface area (Å²) in [6.45, 7) is 0.618. The molecule has 1 aliphatic rings. The number of H-pyrrole nitrogens is 1. The first-order chi connectivity index (χ1) is 18.6. The Labute approximate surface area is 225 Å². The molecule has 0 spiro atoms. The zero-order valence-corrected chi connectivity index (χ0v) is 21.6. The van der Waals surface area contributed by atoms with Gasteiger partial charge < -0.3 is 42.2 Å². The van der Waals surface area contributed by atoms with Crippen molar-refractivity contribution in [1.82, 2.24) is 20.5 Å². The zero-order chi connectivity index (χ0) is 28.5. The van der Waals surface area contributed by atoms with E-state index < -0.39 is 60.2 Å². The van der Waals surface area contributed by atoms with Crippen molar-refractivity contribution < 1.29 is 34.2 Å². The third kappa shape index (κ3) is 7.77. The van der Waals surface area contributed by atoms with Crippen molar-refractivity contribution in [3.8, 4) is 0 Å². The second kappa shape index (κ2) is 13.7. The van der Waals surface area contributed by atoms with Crippen LogP contribution in [0, 0.1) is 0 Å². The van der Waals surface area contributed by atoms with Crippen LogP contribution in [-0.2, 0) is 30.4 Å². The number of unbranched alkanes of at least 4 members (excludes halogenated alkanes) is 1. The van der Waals surface area contributed by atoms with E-state index in [9.17, 15) is 29.1 Å². The van der Waals surface area contributed by atoms with Gasteiger partial charge in [-0.2, -0.15) is 0 Å². The Kier molecular flexibility index (Phi) is 10.4. The van der Waals surface area contributed by atoms with E-state index in [1.54, 1.807) is 6.20 Å². The third-order valence-electron chi connectivity index (χ3n) is 6.84. The standard InChI is InChI=1S/C26H36N6O7/c27-10-4-3-8-19(30-24(36)21-9-5-11-32(21)25(37)17(28)13-22(33)34)23(35)31-20(26(38)39)12-15-14-29-18-7-2-1-6-16(15)18/h1-2,6-7,14,17,19-21,29H,3-5,8-13,27-28H2,(H,30,36)(H,31,35)(H,33,34)(H,38,39). The molecule has 4 atom stereocenters. The number of nitrogens with one attached hydrogen (secondary N) is 3. The molecule has 1 saturated heterocycles. The molecule has 0 saturated carbocycles. The molecule has 212 valence electrons. The number of hydrogen-bond acceptors (Lipinski definition) is 7. The predicted octanol–water partition coefficient (Wildman–Crippen LogP) is -0.313. The van der Waals surface area contributed by atoms with Gasteiger partial charge in [-0.25, -0.2) is 4.79 Å². The van der Waals surface area contributed by atoms with E-state index in [0.29, 0.717) is 32.2 Å². The Morgan fingerprint density at radius 3 is 2.51 bits per heavy atom. The Hall–Kier alpha value is -3.97. The topological polar surface area (TPSA) is 221 Å². The lowest BCUT2D eigenvalue weighted by Gasteiger charge is -2.28. The fraction of sp³-hybridized carbons (Fsp3) is 0.500. The van der Waals surface area contributed by atoms with Crippen LogP contribution >= 0.6 is 0 Å². The number of benzene rings is 1. The highest BCUT2D eigenvalue weighted by atomic mass is 16.4. The quantitative estimate of drug-likeness (QED) is 0.155. The molecule has 3 amide bonds. The number of hydrogen-bond donors (Lipinski definition) is 7. The summed E-state index contributed by atoms with van der Waals surface area (Å²) in [6.07, 6.45) is 3.32. The lowest BCUT2D eigenvalue weighted by Crippen LogP contribution is -2.57. The largest absolute Gasteiger partial charge is 0.481 e. The van der Waals surface area contributed by atoms with Gasteiger partial charge in [0.15, 0.2) is 0 Å². The number of carbonyl (C=O) groups is 5. The van der Waals surface area contributed by atoms with Crippen LogP contribution in [0.25, 0.3) is 10.9 Å². The molecule has 3 rings (SSSR count). The van der Waals surface area contributed by atoms with Gasteiger partial charge in [0, 0.05) is 30.1 Å². The van der Waals surface area contributed by atoms with Crippen molar-refractivity contribution in [2.45, 2.75) is 69.1 Å². The lowest BCUT2D eigenvalue weighted by atomic mass is 10.0. The van der Waals surface area contributed by atoms with E-state index in [1.807, 2.05) is 24.3 Å². The van der Waals surface area contributed by atoms with Crippen LogP contribution in [0.2, 0.25) is 0 Å². The molecule has 1 aromatic heterocycles. The fourth-order valence-corrected chi connectivity index (χ4v) is 4.81. The summed E-state index contributed by atoms with van der Waals surface area (Å²) in [6, 6.07) is 2.90. The van der Waals surface area contributed by atoms with Crippen LogP contribution in [0.4, 0.5) is 0 Å². The minimum atomic E-state index is -1.29. The number of aromatic nitrogens is 1. The highest BCUT2D eigenvalue weighted by Crippen LogP contribution is 2.21. The number of carboxylic acid groups (broad SMARTS) is 2. The minimum Gasteiger partial charge on any atom is -0.481 e. The molecule has 4 unspecified atom stereocenters. The van der Waals surface area contributed by atoms with Gasteiger partial charge in [-0.1, -0.05) is 18.2 Å². The Bertz CT molecular complexity index is 1200. The summed E-state index contributed by atoms with van der Waals surface area (Å²) in [7, 11) is 0. The SMILES string of the molecule is NCCCCC(NC(=O)C1CCCN1C(=O)C(N)CC(=O)O)C(=O)NC(Cc1c[nH]c2ccccc12)C(=O)O. The third-order valence-corrected chi connectivity index (χ3v) is 6.84. The Morgan fingerprint density at radius 2 is 1.82 bits per heavy atom. The molecule has 39 heavy (non-hydrogen) atoms. The van der Waals surface area contributed by atoms with Gasteiger partial charge in [0.05, 0.1) is 12.5 Å². The average molecular weight is 545 g/mol. The van der Waals surface area contributed by atoms with Gasteiger partial charge >= 0.3 is 11.9 Å². The van der Waals surface area contributed by atoms with Crippen molar-refractivity contribution in [2.24, 2.45) is 11.5 Å². The number of carbonyl (C=O) groups excluding carboxylic acids is 3. The number of likely N-dealkylation sites (tertiary alicyclic amines) is 1. The second-order valence-electron chi connectivity index (χ2n) is 9.70. The first-order valence-electron chi connectivity index (χ1n) is 13.0. The van der Waals surface area contributed by atoms with E-state index in [1.165, 1.54) is 4.90 Å². The number of para-hydroxylation sites is 1. The van der Waals surface area contributed by atoms with Crippen LogP contribution in [0.1, 0.15) is 44.1 Å².